The Labute approximate surface area is 115 Å². The van der Waals surface area contributed by atoms with E-state index in [-0.39, 0.29) is 11.3 Å². The van der Waals surface area contributed by atoms with Gasteiger partial charge in [0.05, 0.1) is 17.2 Å². The van der Waals surface area contributed by atoms with E-state index in [4.69, 9.17) is 0 Å². The summed E-state index contributed by atoms with van der Waals surface area (Å²) in [6.45, 7) is 0. The summed E-state index contributed by atoms with van der Waals surface area (Å²) in [5.41, 5.74) is 1.54. The van der Waals surface area contributed by atoms with Crippen LogP contribution in [0.25, 0.3) is 0 Å². The van der Waals surface area contributed by atoms with Crippen LogP contribution in [0.15, 0.2) is 36.5 Å². The molecule has 102 valence electrons. The lowest BCUT2D eigenvalue weighted by atomic mass is 9.82. The van der Waals surface area contributed by atoms with Gasteiger partial charge < -0.3 is 0 Å². The Hall–Kier alpha value is -2.10. The van der Waals surface area contributed by atoms with Crippen molar-refractivity contribution < 1.29 is 13.6 Å². The number of hydrogen-bond donors (Lipinski definition) is 0. The standard InChI is InChI=1S/C16H13F2NO/c17-13-8-2-6-11(14(13)18)16(20)12-7-1-4-10-5-3-9-19-15(10)12/h2-3,5-6,8-9,12H,1,4,7H2. The van der Waals surface area contributed by atoms with Crippen molar-refractivity contribution >= 4 is 5.78 Å². The molecule has 0 amide bonds. The number of aryl methyl sites for hydroxylation is 1. The van der Waals surface area contributed by atoms with Crippen molar-refractivity contribution in [2.45, 2.75) is 25.2 Å². The van der Waals surface area contributed by atoms with Gasteiger partial charge in [-0.15, -0.1) is 0 Å². The maximum atomic E-state index is 13.8. The first kappa shape index (κ1) is 12.9. The second-order valence-electron chi connectivity index (χ2n) is 4.96. The van der Waals surface area contributed by atoms with Crippen LogP contribution in [0.4, 0.5) is 8.78 Å². The molecule has 1 unspecified atom stereocenters. The third-order valence-electron chi connectivity index (χ3n) is 3.73. The number of Topliss-reactive ketones (excluding diaryl/α,β-unsaturated/α-hetero) is 1. The predicted octanol–water partition coefficient (Wildman–Crippen LogP) is 3.66. The molecule has 2 nitrogen and oxygen atoms in total. The van der Waals surface area contributed by atoms with Gasteiger partial charge in [0.1, 0.15) is 0 Å². The molecule has 0 aliphatic heterocycles. The van der Waals surface area contributed by atoms with E-state index < -0.39 is 17.6 Å². The molecule has 1 aliphatic rings. The van der Waals surface area contributed by atoms with Crippen molar-refractivity contribution in [1.29, 1.82) is 0 Å². The first-order chi connectivity index (χ1) is 9.68. The molecule has 0 bridgehead atoms. The molecule has 1 aromatic carbocycles. The van der Waals surface area contributed by atoms with Gasteiger partial charge in [0.2, 0.25) is 0 Å². The number of rotatable bonds is 2. The predicted molar refractivity (Wildman–Crippen MR) is 70.6 cm³/mol. The lowest BCUT2D eigenvalue weighted by molar-refractivity contribution is 0.0944. The van der Waals surface area contributed by atoms with Crippen LogP contribution < -0.4 is 0 Å². The topological polar surface area (TPSA) is 30.0 Å². The fraction of sp³-hybridized carbons (Fsp3) is 0.250. The van der Waals surface area contributed by atoms with Crippen LogP contribution in [-0.2, 0) is 6.42 Å². The monoisotopic (exact) mass is 273 g/mol. The molecular weight excluding hydrogens is 260 g/mol. The van der Waals surface area contributed by atoms with Crippen molar-refractivity contribution in [2.24, 2.45) is 0 Å². The summed E-state index contributed by atoms with van der Waals surface area (Å²) in [5.74, 6) is -2.92. The Morgan fingerprint density at radius 2 is 2.05 bits per heavy atom. The zero-order valence-electron chi connectivity index (χ0n) is 10.8. The highest BCUT2D eigenvalue weighted by Gasteiger charge is 2.30. The molecule has 1 aliphatic carbocycles. The summed E-state index contributed by atoms with van der Waals surface area (Å²) in [7, 11) is 0. The number of fused-ring (bicyclic) bond motifs is 1. The highest BCUT2D eigenvalue weighted by atomic mass is 19.2. The number of carbonyl (C=O) groups is 1. The zero-order chi connectivity index (χ0) is 14.1. The Balaban J connectivity index is 2.02. The molecular formula is C16H13F2NO. The third-order valence-corrected chi connectivity index (χ3v) is 3.73. The molecule has 1 atom stereocenters. The average molecular weight is 273 g/mol. The fourth-order valence-corrected chi connectivity index (χ4v) is 2.75. The first-order valence-electron chi connectivity index (χ1n) is 6.60. The van der Waals surface area contributed by atoms with E-state index in [1.807, 2.05) is 12.1 Å². The van der Waals surface area contributed by atoms with Crippen molar-refractivity contribution in [3.63, 3.8) is 0 Å². The number of pyridine rings is 1. The average Bonchev–Trinajstić information content (AvgIpc) is 2.49. The molecule has 3 rings (SSSR count). The number of benzene rings is 1. The molecule has 0 N–H and O–H groups in total. The molecule has 0 saturated carbocycles. The second kappa shape index (κ2) is 5.12. The zero-order valence-corrected chi connectivity index (χ0v) is 10.8. The minimum Gasteiger partial charge on any atom is -0.293 e. The number of hydrogen-bond acceptors (Lipinski definition) is 2. The summed E-state index contributed by atoms with van der Waals surface area (Å²) in [6, 6.07) is 7.46. The molecule has 20 heavy (non-hydrogen) atoms. The van der Waals surface area contributed by atoms with Gasteiger partial charge in [-0.05, 0) is 43.0 Å². The van der Waals surface area contributed by atoms with Gasteiger partial charge in [-0.25, -0.2) is 8.78 Å². The van der Waals surface area contributed by atoms with Crippen molar-refractivity contribution in [3.8, 4) is 0 Å². The van der Waals surface area contributed by atoms with Crippen LogP contribution in [0.2, 0.25) is 0 Å². The van der Waals surface area contributed by atoms with Crippen LogP contribution in [0.5, 0.6) is 0 Å². The van der Waals surface area contributed by atoms with Crippen molar-refractivity contribution in [3.05, 3.63) is 65.0 Å². The van der Waals surface area contributed by atoms with Crippen LogP contribution in [-0.4, -0.2) is 10.8 Å². The van der Waals surface area contributed by atoms with Gasteiger partial charge in [0, 0.05) is 6.20 Å². The smallest absolute Gasteiger partial charge is 0.174 e. The van der Waals surface area contributed by atoms with E-state index in [0.29, 0.717) is 12.1 Å². The largest absolute Gasteiger partial charge is 0.293 e. The second-order valence-corrected chi connectivity index (χ2v) is 4.96. The highest BCUT2D eigenvalue weighted by molar-refractivity contribution is 6.01. The van der Waals surface area contributed by atoms with Gasteiger partial charge >= 0.3 is 0 Å². The number of halogens is 2. The fourth-order valence-electron chi connectivity index (χ4n) is 2.75. The molecule has 0 saturated heterocycles. The van der Waals surface area contributed by atoms with Crippen molar-refractivity contribution in [1.82, 2.24) is 4.98 Å². The van der Waals surface area contributed by atoms with Gasteiger partial charge in [0.15, 0.2) is 17.4 Å². The van der Waals surface area contributed by atoms with Crippen LogP contribution >= 0.6 is 0 Å². The molecule has 0 fully saturated rings. The quantitative estimate of drug-likeness (QED) is 0.781. The summed E-state index contributed by atoms with van der Waals surface area (Å²) >= 11 is 0. The SMILES string of the molecule is O=C(c1cccc(F)c1F)C1CCCc2cccnc21. The van der Waals surface area contributed by atoms with Gasteiger partial charge in [-0.3, -0.25) is 9.78 Å². The molecule has 0 radical (unpaired) electrons. The van der Waals surface area contributed by atoms with Crippen molar-refractivity contribution in [2.75, 3.05) is 0 Å². The van der Waals surface area contributed by atoms with Gasteiger partial charge in [0.25, 0.3) is 0 Å². The van der Waals surface area contributed by atoms with Gasteiger partial charge in [-0.1, -0.05) is 12.1 Å². The van der Waals surface area contributed by atoms with E-state index in [1.54, 1.807) is 6.20 Å². The van der Waals surface area contributed by atoms with Crippen LogP contribution in [0, 0.1) is 11.6 Å². The summed E-state index contributed by atoms with van der Waals surface area (Å²) < 4.78 is 27.0. The normalized spacial score (nSPS) is 17.6. The molecule has 0 spiro atoms. The van der Waals surface area contributed by atoms with E-state index >= 15 is 0 Å². The Kier molecular flexibility index (Phi) is 3.30. The lowest BCUT2D eigenvalue weighted by Gasteiger charge is -2.23. The molecule has 1 aromatic heterocycles. The number of aromatic nitrogens is 1. The van der Waals surface area contributed by atoms with Gasteiger partial charge in [-0.2, -0.15) is 0 Å². The van der Waals surface area contributed by atoms with E-state index in [9.17, 15) is 13.6 Å². The minimum atomic E-state index is -1.07. The Morgan fingerprint density at radius 3 is 2.90 bits per heavy atom. The van der Waals surface area contributed by atoms with Crippen LogP contribution in [0.1, 0.15) is 40.4 Å². The number of carbonyl (C=O) groups excluding carboxylic acids is 1. The molecule has 4 heteroatoms. The summed E-state index contributed by atoms with van der Waals surface area (Å²) in [4.78, 5) is 16.8. The number of nitrogens with zero attached hydrogens (tertiary/aromatic N) is 1. The maximum absolute atomic E-state index is 13.8. The summed E-state index contributed by atoms with van der Waals surface area (Å²) in [6.07, 6.45) is 3.98. The van der Waals surface area contributed by atoms with E-state index in [2.05, 4.69) is 4.98 Å². The van der Waals surface area contributed by atoms with E-state index in [0.717, 1.165) is 24.5 Å². The Morgan fingerprint density at radius 1 is 1.20 bits per heavy atom. The first-order valence-corrected chi connectivity index (χ1v) is 6.60. The number of ketones is 1. The lowest BCUT2D eigenvalue weighted by Crippen LogP contribution is -2.21. The van der Waals surface area contributed by atoms with E-state index in [1.165, 1.54) is 12.1 Å². The third kappa shape index (κ3) is 2.11. The summed E-state index contributed by atoms with van der Waals surface area (Å²) in [5, 5.41) is 0. The molecule has 1 heterocycles. The molecule has 2 aromatic rings. The minimum absolute atomic E-state index is 0.187. The highest BCUT2D eigenvalue weighted by Crippen LogP contribution is 2.33. The maximum Gasteiger partial charge on any atom is 0.174 e. The van der Waals surface area contributed by atoms with Crippen LogP contribution in [0.3, 0.4) is 0 Å². The Bertz CT molecular complexity index is 669.